The number of halogens is 1. The second-order valence-corrected chi connectivity index (χ2v) is 4.74. The molecule has 0 radical (unpaired) electrons. The Morgan fingerprint density at radius 2 is 2.05 bits per heavy atom. The first-order chi connectivity index (χ1) is 9.06. The fraction of sp³-hybridized carbons (Fsp3) is 0.0833. The lowest BCUT2D eigenvalue weighted by Gasteiger charge is -1.99. The number of rotatable bonds is 5. The number of aromatic amines is 1. The number of carbonyl (C=O) groups excluding carboxylic acids is 1. The van der Waals surface area contributed by atoms with Gasteiger partial charge in [-0.2, -0.15) is 0 Å². The van der Waals surface area contributed by atoms with E-state index >= 15 is 0 Å². The van der Waals surface area contributed by atoms with Crippen molar-refractivity contribution >= 4 is 23.2 Å². The summed E-state index contributed by atoms with van der Waals surface area (Å²) < 4.78 is 12.7. The van der Waals surface area contributed by atoms with Crippen molar-refractivity contribution in [3.05, 3.63) is 58.2 Å². The van der Waals surface area contributed by atoms with Gasteiger partial charge in [-0.3, -0.25) is 14.9 Å². The zero-order valence-electron chi connectivity index (χ0n) is 9.63. The van der Waals surface area contributed by atoms with Crippen LogP contribution in [0, 0.1) is 15.9 Å². The summed E-state index contributed by atoms with van der Waals surface area (Å²) in [5, 5.41) is 10.5. The molecule has 0 aliphatic heterocycles. The predicted molar refractivity (Wildman–Crippen MR) is 68.9 cm³/mol. The Hall–Kier alpha value is -2.15. The highest BCUT2D eigenvalue weighted by Crippen LogP contribution is 2.20. The normalized spacial score (nSPS) is 10.4. The number of hydrogen-bond donors (Lipinski definition) is 1. The molecule has 0 unspecified atom stereocenters. The number of thioether (sulfide) groups is 1. The minimum atomic E-state index is -0.569. The molecule has 19 heavy (non-hydrogen) atoms. The topological polar surface area (TPSA) is 76.0 Å². The Morgan fingerprint density at radius 3 is 2.63 bits per heavy atom. The first kappa shape index (κ1) is 13.3. The molecule has 2 aromatic rings. The molecule has 1 aromatic heterocycles. The summed E-state index contributed by atoms with van der Waals surface area (Å²) in [6.07, 6.45) is 1.18. The number of Topliss-reactive ketones (excluding diaryl/α,β-unsaturated/α-hetero) is 1. The minimum Gasteiger partial charge on any atom is -0.353 e. The second-order valence-electron chi connectivity index (χ2n) is 3.69. The Labute approximate surface area is 112 Å². The minimum absolute atomic E-state index is 0.128. The van der Waals surface area contributed by atoms with Crippen LogP contribution in [0.5, 0.6) is 0 Å². The van der Waals surface area contributed by atoms with Crippen LogP contribution in [0.1, 0.15) is 10.5 Å². The van der Waals surface area contributed by atoms with Gasteiger partial charge in [-0.05, 0) is 24.3 Å². The molecular formula is C12H9FN2O3S. The van der Waals surface area contributed by atoms with Gasteiger partial charge in [0.2, 0.25) is 0 Å². The first-order valence-electron chi connectivity index (χ1n) is 5.30. The smallest absolute Gasteiger partial charge is 0.287 e. The van der Waals surface area contributed by atoms with Gasteiger partial charge in [0.25, 0.3) is 5.69 Å². The number of nitro groups is 1. The molecule has 1 N–H and O–H groups in total. The van der Waals surface area contributed by atoms with Crippen LogP contribution in [0.3, 0.4) is 0 Å². The average molecular weight is 280 g/mol. The molecular weight excluding hydrogens is 271 g/mol. The molecule has 7 heteroatoms. The summed E-state index contributed by atoms with van der Waals surface area (Å²) in [6.45, 7) is 0. The van der Waals surface area contributed by atoms with E-state index < -0.39 is 4.92 Å². The lowest BCUT2D eigenvalue weighted by Crippen LogP contribution is -2.02. The van der Waals surface area contributed by atoms with Gasteiger partial charge in [0, 0.05) is 11.0 Å². The molecule has 0 amide bonds. The fourth-order valence-corrected chi connectivity index (χ4v) is 2.19. The summed E-state index contributed by atoms with van der Waals surface area (Å²) in [6, 6.07) is 6.97. The molecule has 0 saturated heterocycles. The molecule has 0 saturated carbocycles. The highest BCUT2D eigenvalue weighted by Gasteiger charge is 2.14. The van der Waals surface area contributed by atoms with E-state index in [1.165, 1.54) is 36.2 Å². The van der Waals surface area contributed by atoms with Crippen LogP contribution < -0.4 is 0 Å². The average Bonchev–Trinajstić information content (AvgIpc) is 2.87. The van der Waals surface area contributed by atoms with E-state index in [0.717, 1.165) is 4.90 Å². The van der Waals surface area contributed by atoms with Gasteiger partial charge in [0.1, 0.15) is 5.82 Å². The number of carbonyl (C=O) groups is 1. The number of nitrogens with one attached hydrogen (secondary N) is 1. The van der Waals surface area contributed by atoms with Gasteiger partial charge in [0.15, 0.2) is 5.78 Å². The summed E-state index contributed by atoms with van der Waals surface area (Å²) in [4.78, 5) is 25.0. The van der Waals surface area contributed by atoms with Gasteiger partial charge in [-0.1, -0.05) is 0 Å². The predicted octanol–water partition coefficient (Wildman–Crippen LogP) is 3.04. The van der Waals surface area contributed by atoms with E-state index in [2.05, 4.69) is 4.98 Å². The van der Waals surface area contributed by atoms with Crippen molar-refractivity contribution in [1.29, 1.82) is 0 Å². The van der Waals surface area contributed by atoms with Crippen molar-refractivity contribution in [2.24, 2.45) is 0 Å². The molecule has 0 atom stereocenters. The summed E-state index contributed by atoms with van der Waals surface area (Å²) in [7, 11) is 0. The van der Waals surface area contributed by atoms with E-state index in [1.807, 2.05) is 0 Å². The number of hydrogen-bond acceptors (Lipinski definition) is 4. The van der Waals surface area contributed by atoms with Crippen molar-refractivity contribution < 1.29 is 14.1 Å². The van der Waals surface area contributed by atoms with Crippen LogP contribution in [0.4, 0.5) is 10.1 Å². The maximum absolute atomic E-state index is 12.7. The third-order valence-corrected chi connectivity index (χ3v) is 3.37. The van der Waals surface area contributed by atoms with E-state index in [-0.39, 0.29) is 28.7 Å². The van der Waals surface area contributed by atoms with Gasteiger partial charge >= 0.3 is 0 Å². The van der Waals surface area contributed by atoms with Gasteiger partial charge in [0.05, 0.1) is 22.6 Å². The Morgan fingerprint density at radius 1 is 1.37 bits per heavy atom. The van der Waals surface area contributed by atoms with Crippen molar-refractivity contribution in [1.82, 2.24) is 4.98 Å². The summed E-state index contributed by atoms with van der Waals surface area (Å²) in [5.74, 6) is -0.457. The zero-order valence-corrected chi connectivity index (χ0v) is 10.4. The molecule has 1 aromatic carbocycles. The van der Waals surface area contributed by atoms with Gasteiger partial charge in [-0.15, -0.1) is 11.8 Å². The maximum atomic E-state index is 12.7. The number of aromatic nitrogens is 1. The number of nitrogens with zero attached hydrogens (tertiary/aromatic N) is 1. The van der Waals surface area contributed by atoms with Crippen LogP contribution in [-0.2, 0) is 0 Å². The van der Waals surface area contributed by atoms with Crippen LogP contribution >= 0.6 is 11.8 Å². The van der Waals surface area contributed by atoms with E-state index in [0.29, 0.717) is 0 Å². The molecule has 98 valence electrons. The molecule has 0 fully saturated rings. The highest BCUT2D eigenvalue weighted by atomic mass is 32.2. The molecule has 0 bridgehead atoms. The molecule has 5 nitrogen and oxygen atoms in total. The SMILES string of the molecule is O=C(CSc1ccc(F)cc1)c1cc([N+](=O)[O-])c[nH]1. The molecule has 0 aliphatic carbocycles. The fourth-order valence-electron chi connectivity index (χ4n) is 1.41. The van der Waals surface area contributed by atoms with Crippen LogP contribution in [0.25, 0.3) is 0 Å². The number of benzene rings is 1. The van der Waals surface area contributed by atoms with Crippen molar-refractivity contribution in [3.63, 3.8) is 0 Å². The Balaban J connectivity index is 1.97. The third kappa shape index (κ3) is 3.41. The number of ketones is 1. The van der Waals surface area contributed by atoms with Crippen molar-refractivity contribution in [3.8, 4) is 0 Å². The molecule has 0 spiro atoms. The summed E-state index contributed by atoms with van der Waals surface area (Å²) >= 11 is 1.24. The second kappa shape index (κ2) is 5.66. The molecule has 1 heterocycles. The highest BCUT2D eigenvalue weighted by molar-refractivity contribution is 8.00. The lowest BCUT2D eigenvalue weighted by atomic mass is 10.3. The zero-order chi connectivity index (χ0) is 13.8. The quantitative estimate of drug-likeness (QED) is 0.395. The van der Waals surface area contributed by atoms with E-state index in [9.17, 15) is 19.3 Å². The van der Waals surface area contributed by atoms with E-state index in [1.54, 1.807) is 12.1 Å². The third-order valence-electron chi connectivity index (χ3n) is 2.36. The monoisotopic (exact) mass is 280 g/mol. The Bertz CT molecular complexity index is 610. The molecule has 2 rings (SSSR count). The standard InChI is InChI=1S/C12H9FN2O3S/c13-8-1-3-10(4-2-8)19-7-12(16)11-5-9(6-14-11)15(17)18/h1-6,14H,7H2. The van der Waals surface area contributed by atoms with Gasteiger partial charge < -0.3 is 4.98 Å². The van der Waals surface area contributed by atoms with Crippen LogP contribution in [0.15, 0.2) is 41.4 Å². The summed E-state index contributed by atoms with van der Waals surface area (Å²) in [5.41, 5.74) is 0.0523. The van der Waals surface area contributed by atoms with Crippen molar-refractivity contribution in [2.75, 3.05) is 5.75 Å². The largest absolute Gasteiger partial charge is 0.353 e. The number of H-pyrrole nitrogens is 1. The lowest BCUT2D eigenvalue weighted by molar-refractivity contribution is -0.384. The van der Waals surface area contributed by atoms with Crippen LogP contribution in [0.2, 0.25) is 0 Å². The Kier molecular flexibility index (Phi) is 3.96. The maximum Gasteiger partial charge on any atom is 0.287 e. The van der Waals surface area contributed by atoms with E-state index in [4.69, 9.17) is 0 Å². The van der Waals surface area contributed by atoms with Crippen molar-refractivity contribution in [2.45, 2.75) is 4.90 Å². The molecule has 0 aliphatic rings. The first-order valence-corrected chi connectivity index (χ1v) is 6.29. The van der Waals surface area contributed by atoms with Gasteiger partial charge in [-0.25, -0.2) is 4.39 Å². The van der Waals surface area contributed by atoms with Crippen LogP contribution in [-0.4, -0.2) is 21.4 Å².